The highest BCUT2D eigenvalue weighted by atomic mass is 79.9. The third kappa shape index (κ3) is 34.4. The molecule has 0 saturated carbocycles. The van der Waals surface area contributed by atoms with Crippen molar-refractivity contribution in [2.45, 2.75) is 70.9 Å². The van der Waals surface area contributed by atoms with Crippen molar-refractivity contribution in [2.75, 3.05) is 94.6 Å². The third-order valence-electron chi connectivity index (χ3n) is 12.2. The van der Waals surface area contributed by atoms with Gasteiger partial charge in [0.25, 0.3) is 0 Å². The van der Waals surface area contributed by atoms with Crippen molar-refractivity contribution in [3.05, 3.63) is 205 Å². The largest absolute Gasteiger partial charge is 0.492 e. The standard InChI is InChI=1S/C12H16ClNO3.C11H14ClF3N2O3.C11H14ClNO3.C10H11BrClNO3.C8H9Cl2NO2.C6H5Cl2NO.C6H3Cl2NO/c1-4-17-9(2)11-6-5-10(12(13)14-11)7-16-8-15-3;1-19-6-20-4-7-2-3-8(17-9(7)12)10(18,5-16)11(13,14)15;1-11(6-16-11)9-4-3-8(10(12)13-9)5-15-7-14-2;1-15-6-16-5-7-2-3-8(9(14)4-11)13-10(7)12;1-12-5-13-4-6-2-3-7(9)11-8(6)10;2*7-5-2-1-4(3-10)6(8)9-5/h5-6H,2,4,7-8H2,1,3H3;2-3,18H,4-6,16H2,1H3;3-4H,5-7H2,1-2H3;2-3H,4-6H2,1H3;2-3H,4-5H2,1H3;1-2,10H,3H2;1-3H. The van der Waals surface area contributed by atoms with Crippen LogP contribution in [-0.4, -0.2) is 158 Å². The zero-order valence-corrected chi connectivity index (χ0v) is 64.7. The molecule has 4 N–H and O–H groups in total. The molecule has 1 aliphatic heterocycles. The lowest BCUT2D eigenvalue weighted by Gasteiger charge is -2.28. The number of carbonyl (C=O) groups is 2. The number of ether oxygens (including phenoxy) is 12. The molecule has 0 radical (unpaired) electrons. The van der Waals surface area contributed by atoms with Crippen LogP contribution in [-0.2, 0) is 108 Å². The number of aldehydes is 1. The minimum absolute atomic E-state index is 0.00731. The SMILES string of the molecule is C=C(OCC)c1ccc(COCOC)c(Cl)n1.COCOCc1ccc(C(=O)CBr)nc1Cl.COCOCc1ccc(C(O)(CN)C(F)(F)F)nc1Cl.COCOCc1ccc(C2(C)CO2)nc1Cl.COCOCc1ccc(Cl)nc1Cl.O=Cc1ccc(Cl)nc1Cl.OCc1ccc(Cl)nc1Cl. The number of nitrogens with zero attached hydrogens (tertiary/aromatic N) is 7. The molecule has 24 nitrogen and oxygen atoms in total. The Kier molecular flexibility index (Phi) is 46.7. The number of alkyl halides is 4. The minimum Gasteiger partial charge on any atom is -0.492 e. The van der Waals surface area contributed by atoms with Gasteiger partial charge in [0.1, 0.15) is 108 Å². The highest BCUT2D eigenvalue weighted by Crippen LogP contribution is 2.39. The Morgan fingerprint density at radius 3 is 1.25 bits per heavy atom. The Morgan fingerprint density at radius 1 is 0.559 bits per heavy atom. The van der Waals surface area contributed by atoms with Gasteiger partial charge < -0.3 is 72.8 Å². The predicted molar refractivity (Wildman–Crippen MR) is 385 cm³/mol. The van der Waals surface area contributed by atoms with E-state index < -0.39 is 24.0 Å². The van der Waals surface area contributed by atoms with Crippen molar-refractivity contribution in [3.63, 3.8) is 0 Å². The number of aromatic nitrogens is 7. The van der Waals surface area contributed by atoms with Gasteiger partial charge in [0, 0.05) is 75.5 Å². The Bertz CT molecular complexity index is 3690. The molecule has 7 aromatic rings. The van der Waals surface area contributed by atoms with E-state index in [0.717, 1.165) is 34.0 Å². The summed E-state index contributed by atoms with van der Waals surface area (Å²) < 4.78 is 98.3. The number of hydrogen-bond donors (Lipinski definition) is 3. The molecule has 8 heterocycles. The molecule has 0 aliphatic carbocycles. The van der Waals surface area contributed by atoms with Crippen LogP contribution >= 0.6 is 132 Å². The summed E-state index contributed by atoms with van der Waals surface area (Å²) in [6.07, 6.45) is -4.32. The van der Waals surface area contributed by atoms with Crippen molar-refractivity contribution >= 4 is 150 Å². The summed E-state index contributed by atoms with van der Waals surface area (Å²) >= 11 is 60.3. The van der Waals surface area contributed by atoms with Crippen LogP contribution in [0.1, 0.15) is 85.2 Å². The predicted octanol–water partition coefficient (Wildman–Crippen LogP) is 15.6. The lowest BCUT2D eigenvalue weighted by Crippen LogP contribution is -2.49. The maximum Gasteiger partial charge on any atom is 0.424 e. The molecule has 562 valence electrons. The van der Waals surface area contributed by atoms with E-state index in [1.54, 1.807) is 63.8 Å². The van der Waals surface area contributed by atoms with Crippen LogP contribution in [0.5, 0.6) is 0 Å². The molecule has 0 aromatic carbocycles. The van der Waals surface area contributed by atoms with Crippen LogP contribution < -0.4 is 5.73 Å². The van der Waals surface area contributed by atoms with Gasteiger partial charge in [-0.25, -0.2) is 34.9 Å². The number of nitrogens with two attached hydrogens (primary N) is 1. The maximum absolute atomic E-state index is 12.8. The fraction of sp³-hybridized carbons (Fsp3) is 0.391. The van der Waals surface area contributed by atoms with E-state index >= 15 is 0 Å². The third-order valence-corrected chi connectivity index (χ3v) is 15.6. The second-order valence-electron chi connectivity index (χ2n) is 19.8. The van der Waals surface area contributed by atoms with E-state index in [1.807, 2.05) is 32.0 Å². The van der Waals surface area contributed by atoms with Gasteiger partial charge in [-0.2, -0.15) is 13.2 Å². The second kappa shape index (κ2) is 50.9. The molecule has 1 aliphatic rings. The second-order valence-corrected chi connectivity index (χ2v) is 24.0. The van der Waals surface area contributed by atoms with Crippen LogP contribution in [0.4, 0.5) is 13.2 Å². The van der Waals surface area contributed by atoms with Crippen LogP contribution in [0.25, 0.3) is 5.76 Å². The zero-order chi connectivity index (χ0) is 76.4. The molecule has 1 fully saturated rings. The fourth-order valence-electron chi connectivity index (χ4n) is 6.85. The summed E-state index contributed by atoms with van der Waals surface area (Å²) in [5.41, 5.74) is 7.22. The van der Waals surface area contributed by atoms with E-state index in [2.05, 4.69) is 62.1 Å². The van der Waals surface area contributed by atoms with Gasteiger partial charge in [0.15, 0.2) is 12.1 Å². The van der Waals surface area contributed by atoms with Crippen LogP contribution in [0.3, 0.4) is 0 Å². The van der Waals surface area contributed by atoms with E-state index in [4.69, 9.17) is 179 Å². The number of aliphatic hydroxyl groups excluding tert-OH is 1. The first-order valence-corrected chi connectivity index (χ1v) is 33.9. The van der Waals surface area contributed by atoms with E-state index in [1.165, 1.54) is 32.4 Å². The number of aliphatic hydroxyl groups is 2. The number of carbonyl (C=O) groups excluding carboxylic acids is 2. The number of epoxide rings is 1. The molecule has 1 saturated heterocycles. The van der Waals surface area contributed by atoms with Gasteiger partial charge in [-0.05, 0) is 62.4 Å². The van der Waals surface area contributed by atoms with Gasteiger partial charge in [0.2, 0.25) is 5.60 Å². The van der Waals surface area contributed by atoms with E-state index in [9.17, 15) is 27.9 Å². The van der Waals surface area contributed by atoms with Crippen molar-refractivity contribution in [3.8, 4) is 0 Å². The molecule has 38 heteroatoms. The van der Waals surface area contributed by atoms with Crippen LogP contribution in [0.15, 0.2) is 91.5 Å². The average molecular weight is 1700 g/mol. The van der Waals surface area contributed by atoms with Gasteiger partial charge in [-0.1, -0.05) is 175 Å². The summed E-state index contributed by atoms with van der Waals surface area (Å²) in [5.74, 6) is 0.407. The maximum atomic E-state index is 12.8. The first kappa shape index (κ1) is 93.6. The van der Waals surface area contributed by atoms with Gasteiger partial charge >= 0.3 is 6.18 Å². The topological polar surface area (TPSA) is 305 Å². The molecule has 2 unspecified atom stereocenters. The molecule has 0 bridgehead atoms. The number of hydrogen-bond acceptors (Lipinski definition) is 24. The lowest BCUT2D eigenvalue weighted by molar-refractivity contribution is -0.263. The Hall–Kier alpha value is -4.46. The average Bonchev–Trinajstić information content (AvgIpc) is 1.56. The first-order valence-electron chi connectivity index (χ1n) is 29.0. The van der Waals surface area contributed by atoms with Gasteiger partial charge in [-0.3, -0.25) is 9.59 Å². The molecule has 8 rings (SSSR count). The quantitative estimate of drug-likeness (QED) is 0.00550. The van der Waals surface area contributed by atoms with Gasteiger partial charge in [0.05, 0.1) is 75.1 Å². The highest BCUT2D eigenvalue weighted by molar-refractivity contribution is 9.09. The molecule has 7 aromatic heterocycles. The van der Waals surface area contributed by atoms with Crippen molar-refractivity contribution in [1.29, 1.82) is 0 Å². The lowest BCUT2D eigenvalue weighted by atomic mass is 9.98. The number of Topliss-reactive ketones (excluding diaryl/α,β-unsaturated/α-hetero) is 1. The summed E-state index contributed by atoms with van der Waals surface area (Å²) in [5, 5.41) is 21.2. The number of methoxy groups -OCH3 is 5. The molecule has 0 amide bonds. The summed E-state index contributed by atoms with van der Waals surface area (Å²) in [7, 11) is 7.66. The Balaban J connectivity index is 0.000000409. The van der Waals surface area contributed by atoms with E-state index in [0.29, 0.717) is 106 Å². The van der Waals surface area contributed by atoms with Crippen LogP contribution in [0.2, 0.25) is 51.5 Å². The smallest absolute Gasteiger partial charge is 0.424 e. The molecule has 2 atom stereocenters. The number of pyridine rings is 7. The van der Waals surface area contributed by atoms with Gasteiger partial charge in [-0.15, -0.1) is 0 Å². The molecule has 102 heavy (non-hydrogen) atoms. The normalized spacial score (nSPS) is 13.2. The molecular formula is C64H72BrCl10F3N8O16. The summed E-state index contributed by atoms with van der Waals surface area (Å²) in [6.45, 7) is 10.1. The van der Waals surface area contributed by atoms with Crippen molar-refractivity contribution < 1.29 is 89.8 Å². The number of ketones is 1. The number of rotatable bonds is 30. The van der Waals surface area contributed by atoms with Crippen molar-refractivity contribution in [1.82, 2.24) is 34.9 Å². The Labute approximate surface area is 645 Å². The monoisotopic (exact) mass is 1690 g/mol. The zero-order valence-electron chi connectivity index (χ0n) is 55.6. The summed E-state index contributed by atoms with van der Waals surface area (Å²) in [4.78, 5) is 48.8. The fourth-order valence-corrected chi connectivity index (χ4v) is 9.16. The molecule has 0 spiro atoms. The Morgan fingerprint density at radius 2 is 0.912 bits per heavy atom. The molecular weight excluding hydrogens is 1630 g/mol. The van der Waals surface area contributed by atoms with Crippen molar-refractivity contribution in [2.24, 2.45) is 5.73 Å². The van der Waals surface area contributed by atoms with Crippen LogP contribution in [0, 0.1) is 0 Å². The first-order chi connectivity index (χ1) is 48.5. The highest BCUT2D eigenvalue weighted by Gasteiger charge is 2.55. The number of halogens is 14. The minimum atomic E-state index is -4.95. The van der Waals surface area contributed by atoms with E-state index in [-0.39, 0.29) is 89.7 Å². The summed E-state index contributed by atoms with van der Waals surface area (Å²) in [6, 6.07) is 22.8.